The fourth-order valence-electron chi connectivity index (χ4n) is 1.62. The lowest BCUT2D eigenvalue weighted by Crippen LogP contribution is -1.99. The van der Waals surface area contributed by atoms with Gasteiger partial charge in [0.2, 0.25) is 11.8 Å². The van der Waals surface area contributed by atoms with Gasteiger partial charge in [-0.3, -0.25) is 0 Å². The Balaban J connectivity index is 2.37. The SMILES string of the molecule is Cc1cnc(N)nc1Oc1cc(C)c(Br)c(C)c1. The Morgan fingerprint density at radius 1 is 1.11 bits per heavy atom. The number of hydrogen-bond acceptors (Lipinski definition) is 4. The molecular weight excluding hydrogens is 294 g/mol. The molecule has 94 valence electrons. The van der Waals surface area contributed by atoms with Crippen LogP contribution in [0.3, 0.4) is 0 Å². The second-order valence-electron chi connectivity index (χ2n) is 4.19. The first kappa shape index (κ1) is 12.8. The van der Waals surface area contributed by atoms with Crippen LogP contribution in [0.2, 0.25) is 0 Å². The fourth-order valence-corrected chi connectivity index (χ4v) is 1.85. The highest BCUT2D eigenvalue weighted by atomic mass is 79.9. The first-order valence-electron chi connectivity index (χ1n) is 5.51. The van der Waals surface area contributed by atoms with Crippen molar-refractivity contribution in [2.45, 2.75) is 20.8 Å². The first-order valence-corrected chi connectivity index (χ1v) is 6.30. The average molecular weight is 308 g/mol. The Hall–Kier alpha value is -1.62. The molecule has 0 atom stereocenters. The molecule has 0 bridgehead atoms. The second-order valence-corrected chi connectivity index (χ2v) is 4.98. The molecule has 0 aliphatic carbocycles. The molecule has 0 radical (unpaired) electrons. The van der Waals surface area contributed by atoms with Crippen molar-refractivity contribution in [3.05, 3.63) is 39.5 Å². The molecule has 1 aromatic heterocycles. The zero-order valence-electron chi connectivity index (χ0n) is 10.5. The summed E-state index contributed by atoms with van der Waals surface area (Å²) in [6.45, 7) is 5.92. The van der Waals surface area contributed by atoms with Crippen molar-refractivity contribution in [3.63, 3.8) is 0 Å². The number of halogens is 1. The van der Waals surface area contributed by atoms with Gasteiger partial charge in [0.25, 0.3) is 0 Å². The van der Waals surface area contributed by atoms with Crippen LogP contribution >= 0.6 is 15.9 Å². The monoisotopic (exact) mass is 307 g/mol. The maximum Gasteiger partial charge on any atom is 0.226 e. The molecule has 2 N–H and O–H groups in total. The van der Waals surface area contributed by atoms with Gasteiger partial charge in [0.05, 0.1) is 0 Å². The molecule has 1 heterocycles. The van der Waals surface area contributed by atoms with Crippen LogP contribution in [-0.4, -0.2) is 9.97 Å². The molecule has 0 aliphatic rings. The lowest BCUT2D eigenvalue weighted by atomic mass is 10.1. The van der Waals surface area contributed by atoms with Crippen LogP contribution in [0.5, 0.6) is 11.6 Å². The average Bonchev–Trinajstić information content (AvgIpc) is 2.31. The van der Waals surface area contributed by atoms with E-state index in [1.807, 2.05) is 32.9 Å². The molecule has 0 saturated heterocycles. The summed E-state index contributed by atoms with van der Waals surface area (Å²) >= 11 is 3.52. The van der Waals surface area contributed by atoms with E-state index in [2.05, 4.69) is 25.9 Å². The third-order valence-corrected chi connectivity index (χ3v) is 3.82. The zero-order valence-corrected chi connectivity index (χ0v) is 12.1. The van der Waals surface area contributed by atoms with E-state index in [4.69, 9.17) is 10.5 Å². The van der Waals surface area contributed by atoms with Crippen molar-refractivity contribution in [2.24, 2.45) is 0 Å². The predicted octanol–water partition coefficient (Wildman–Crippen LogP) is 3.54. The number of aromatic nitrogens is 2. The van der Waals surface area contributed by atoms with Crippen LogP contribution < -0.4 is 10.5 Å². The Bertz CT molecular complexity index is 576. The van der Waals surface area contributed by atoms with E-state index in [9.17, 15) is 0 Å². The lowest BCUT2D eigenvalue weighted by Gasteiger charge is -2.10. The summed E-state index contributed by atoms with van der Waals surface area (Å²) in [5.74, 6) is 1.44. The summed E-state index contributed by atoms with van der Waals surface area (Å²) in [6.07, 6.45) is 1.65. The highest BCUT2D eigenvalue weighted by Crippen LogP contribution is 2.29. The van der Waals surface area contributed by atoms with E-state index < -0.39 is 0 Å². The van der Waals surface area contributed by atoms with Crippen LogP contribution in [0, 0.1) is 20.8 Å². The standard InChI is InChI=1S/C13H14BrN3O/c1-7-4-10(5-8(2)11(7)14)18-12-9(3)6-16-13(15)17-12/h4-6H,1-3H3,(H2,15,16,17). The molecule has 0 spiro atoms. The van der Waals surface area contributed by atoms with E-state index in [1.165, 1.54) is 0 Å². The molecule has 5 heteroatoms. The number of nitrogens with two attached hydrogens (primary N) is 1. The third-order valence-electron chi connectivity index (χ3n) is 2.57. The van der Waals surface area contributed by atoms with Crippen LogP contribution in [0.4, 0.5) is 5.95 Å². The third kappa shape index (κ3) is 2.61. The van der Waals surface area contributed by atoms with Crippen LogP contribution in [0.15, 0.2) is 22.8 Å². The van der Waals surface area contributed by atoms with Gasteiger partial charge in [-0.2, -0.15) is 4.98 Å². The summed E-state index contributed by atoms with van der Waals surface area (Å²) in [7, 11) is 0. The van der Waals surface area contributed by atoms with Gasteiger partial charge in [-0.05, 0) is 44.0 Å². The summed E-state index contributed by atoms with van der Waals surface area (Å²) in [5.41, 5.74) is 8.64. The number of nitrogen functional groups attached to an aromatic ring is 1. The van der Waals surface area contributed by atoms with Crippen molar-refractivity contribution in [1.29, 1.82) is 0 Å². The molecular formula is C13H14BrN3O. The van der Waals surface area contributed by atoms with E-state index >= 15 is 0 Å². The molecule has 0 unspecified atom stereocenters. The van der Waals surface area contributed by atoms with Crippen LogP contribution in [-0.2, 0) is 0 Å². The first-order chi connectivity index (χ1) is 8.47. The number of anilines is 1. The molecule has 0 saturated carbocycles. The molecule has 0 aliphatic heterocycles. The molecule has 2 aromatic rings. The van der Waals surface area contributed by atoms with E-state index in [0.717, 1.165) is 26.9 Å². The topological polar surface area (TPSA) is 61.0 Å². The van der Waals surface area contributed by atoms with E-state index in [-0.39, 0.29) is 5.95 Å². The van der Waals surface area contributed by atoms with E-state index in [1.54, 1.807) is 6.20 Å². The summed E-state index contributed by atoms with van der Waals surface area (Å²) in [5, 5.41) is 0. The summed E-state index contributed by atoms with van der Waals surface area (Å²) in [6, 6.07) is 3.91. The van der Waals surface area contributed by atoms with Gasteiger partial charge in [0, 0.05) is 16.2 Å². The normalized spacial score (nSPS) is 10.4. The van der Waals surface area contributed by atoms with Gasteiger partial charge < -0.3 is 10.5 Å². The van der Waals surface area contributed by atoms with Crippen molar-refractivity contribution < 1.29 is 4.74 Å². The number of rotatable bonds is 2. The second kappa shape index (κ2) is 4.94. The highest BCUT2D eigenvalue weighted by Gasteiger charge is 2.08. The van der Waals surface area contributed by atoms with Crippen LogP contribution in [0.25, 0.3) is 0 Å². The molecule has 1 aromatic carbocycles. The lowest BCUT2D eigenvalue weighted by molar-refractivity contribution is 0.457. The summed E-state index contributed by atoms with van der Waals surface area (Å²) < 4.78 is 6.85. The van der Waals surface area contributed by atoms with Crippen molar-refractivity contribution >= 4 is 21.9 Å². The van der Waals surface area contributed by atoms with Crippen molar-refractivity contribution in [2.75, 3.05) is 5.73 Å². The number of ether oxygens (including phenoxy) is 1. The Morgan fingerprint density at radius 3 is 2.33 bits per heavy atom. The number of nitrogens with zero attached hydrogens (tertiary/aromatic N) is 2. The maximum atomic E-state index is 5.75. The molecule has 0 fully saturated rings. The van der Waals surface area contributed by atoms with Gasteiger partial charge in [0.15, 0.2) is 0 Å². The quantitative estimate of drug-likeness (QED) is 0.922. The smallest absolute Gasteiger partial charge is 0.226 e. The Kier molecular flexibility index (Phi) is 3.52. The number of benzene rings is 1. The summed E-state index contributed by atoms with van der Waals surface area (Å²) in [4.78, 5) is 7.99. The number of aryl methyl sites for hydroxylation is 3. The largest absolute Gasteiger partial charge is 0.439 e. The highest BCUT2D eigenvalue weighted by molar-refractivity contribution is 9.10. The van der Waals surface area contributed by atoms with Gasteiger partial charge in [0.1, 0.15) is 5.75 Å². The minimum atomic E-state index is 0.209. The zero-order chi connectivity index (χ0) is 13.3. The Morgan fingerprint density at radius 2 is 1.72 bits per heavy atom. The van der Waals surface area contributed by atoms with Crippen LogP contribution in [0.1, 0.15) is 16.7 Å². The maximum absolute atomic E-state index is 5.75. The van der Waals surface area contributed by atoms with Crippen molar-refractivity contribution in [1.82, 2.24) is 9.97 Å². The molecule has 0 amide bonds. The molecule has 4 nitrogen and oxygen atoms in total. The molecule has 2 rings (SSSR count). The predicted molar refractivity (Wildman–Crippen MR) is 74.9 cm³/mol. The van der Waals surface area contributed by atoms with Gasteiger partial charge in [-0.1, -0.05) is 15.9 Å². The van der Waals surface area contributed by atoms with Crippen molar-refractivity contribution in [3.8, 4) is 11.6 Å². The van der Waals surface area contributed by atoms with E-state index in [0.29, 0.717) is 5.88 Å². The number of hydrogen-bond donors (Lipinski definition) is 1. The fraction of sp³-hybridized carbons (Fsp3) is 0.231. The van der Waals surface area contributed by atoms with Gasteiger partial charge in [-0.15, -0.1) is 0 Å². The Labute approximate surface area is 114 Å². The molecule has 18 heavy (non-hydrogen) atoms. The van der Waals surface area contributed by atoms with Gasteiger partial charge >= 0.3 is 0 Å². The van der Waals surface area contributed by atoms with Gasteiger partial charge in [-0.25, -0.2) is 4.98 Å². The minimum absolute atomic E-state index is 0.209. The minimum Gasteiger partial charge on any atom is -0.439 e.